The van der Waals surface area contributed by atoms with Gasteiger partial charge in [-0.15, -0.1) is 0 Å². The van der Waals surface area contributed by atoms with E-state index in [1.54, 1.807) is 13.2 Å². The Morgan fingerprint density at radius 3 is 2.64 bits per heavy atom. The Hall–Kier alpha value is -1.88. The summed E-state index contributed by atoms with van der Waals surface area (Å²) in [4.78, 5) is 23.9. The van der Waals surface area contributed by atoms with Gasteiger partial charge >= 0.3 is 5.97 Å². The topological polar surface area (TPSA) is 61.8 Å². The van der Waals surface area contributed by atoms with E-state index < -0.39 is 5.97 Å². The molecule has 2 rings (SSSR count). The summed E-state index contributed by atoms with van der Waals surface area (Å²) in [6.45, 7) is 4.21. The first-order valence-electron chi connectivity index (χ1n) is 7.39. The minimum Gasteiger partial charge on any atom is -0.486 e. The molecule has 5 nitrogen and oxygen atoms in total. The van der Waals surface area contributed by atoms with E-state index in [9.17, 15) is 9.59 Å². The van der Waals surface area contributed by atoms with E-state index in [2.05, 4.69) is 0 Å². The first kappa shape index (κ1) is 16.5. The van der Waals surface area contributed by atoms with Gasteiger partial charge in [0.1, 0.15) is 23.2 Å². The van der Waals surface area contributed by atoms with E-state index in [0.717, 1.165) is 11.1 Å². The molecule has 1 atom stereocenters. The van der Waals surface area contributed by atoms with Crippen LogP contribution in [0.2, 0.25) is 0 Å². The van der Waals surface area contributed by atoms with Crippen LogP contribution in [-0.4, -0.2) is 38.7 Å². The maximum Gasteiger partial charge on any atom is 0.341 e. The van der Waals surface area contributed by atoms with Gasteiger partial charge in [-0.1, -0.05) is 19.9 Å². The molecule has 0 fully saturated rings. The van der Waals surface area contributed by atoms with Gasteiger partial charge in [-0.3, -0.25) is 4.79 Å². The third kappa shape index (κ3) is 3.30. The number of carbonyl (C=O) groups is 2. The number of carbonyl (C=O) groups excluding carboxylic acids is 2. The molecule has 1 aromatic rings. The minimum atomic E-state index is -0.434. The zero-order valence-electron chi connectivity index (χ0n) is 13.5. The molecule has 1 unspecified atom stereocenters. The molecule has 0 bridgehead atoms. The third-order valence-corrected chi connectivity index (χ3v) is 3.84. The lowest BCUT2D eigenvalue weighted by atomic mass is 9.93. The molecule has 0 saturated heterocycles. The molecule has 1 aliphatic rings. The molecule has 0 radical (unpaired) electrons. The largest absolute Gasteiger partial charge is 0.486 e. The van der Waals surface area contributed by atoms with Gasteiger partial charge < -0.3 is 14.2 Å². The summed E-state index contributed by atoms with van der Waals surface area (Å²) in [7, 11) is 2.95. The molecule has 22 heavy (non-hydrogen) atoms. The lowest BCUT2D eigenvalue weighted by Crippen LogP contribution is -2.19. The first-order valence-corrected chi connectivity index (χ1v) is 7.39. The predicted molar refractivity (Wildman–Crippen MR) is 81.3 cm³/mol. The van der Waals surface area contributed by atoms with Crippen LogP contribution in [0.25, 0.3) is 0 Å². The van der Waals surface area contributed by atoms with Gasteiger partial charge in [-0.2, -0.15) is 0 Å². The number of rotatable bonds is 6. The minimum absolute atomic E-state index is 0.0203. The number of ether oxygens (including phenoxy) is 3. The normalized spacial score (nSPS) is 16.3. The van der Waals surface area contributed by atoms with E-state index in [1.165, 1.54) is 7.11 Å². The van der Waals surface area contributed by atoms with Crippen LogP contribution in [-0.2, 0) is 27.1 Å². The number of benzene rings is 1. The highest BCUT2D eigenvalue weighted by molar-refractivity contribution is 5.94. The van der Waals surface area contributed by atoms with Crippen molar-refractivity contribution in [2.24, 2.45) is 5.92 Å². The Bertz CT molecular complexity index is 577. The van der Waals surface area contributed by atoms with Crippen molar-refractivity contribution in [1.29, 1.82) is 0 Å². The summed E-state index contributed by atoms with van der Waals surface area (Å²) in [6, 6.07) is 3.49. The Morgan fingerprint density at radius 2 is 2.05 bits per heavy atom. The van der Waals surface area contributed by atoms with Crippen LogP contribution >= 0.6 is 0 Å². The molecule has 0 saturated carbocycles. The Morgan fingerprint density at radius 1 is 1.32 bits per heavy atom. The smallest absolute Gasteiger partial charge is 0.341 e. The van der Waals surface area contributed by atoms with Crippen LogP contribution in [0.4, 0.5) is 0 Å². The van der Waals surface area contributed by atoms with Gasteiger partial charge in [0.15, 0.2) is 0 Å². The van der Waals surface area contributed by atoms with Crippen molar-refractivity contribution in [1.82, 2.24) is 0 Å². The maximum absolute atomic E-state index is 12.0. The average Bonchev–Trinajstić information content (AvgIpc) is 2.91. The lowest BCUT2D eigenvalue weighted by Gasteiger charge is -2.12. The fraction of sp³-hybridized carbons (Fsp3) is 0.529. The lowest BCUT2D eigenvalue weighted by molar-refractivity contribution is -0.121. The van der Waals surface area contributed by atoms with E-state index in [-0.39, 0.29) is 17.8 Å². The average molecular weight is 306 g/mol. The summed E-state index contributed by atoms with van der Waals surface area (Å²) in [5, 5.41) is 0. The number of ketones is 1. The van der Waals surface area contributed by atoms with Crippen LogP contribution in [0.15, 0.2) is 12.1 Å². The second kappa shape index (κ2) is 6.92. The number of hydrogen-bond donors (Lipinski definition) is 0. The van der Waals surface area contributed by atoms with E-state index >= 15 is 0 Å². The summed E-state index contributed by atoms with van der Waals surface area (Å²) < 4.78 is 15.8. The fourth-order valence-electron chi connectivity index (χ4n) is 2.57. The van der Waals surface area contributed by atoms with E-state index in [1.807, 2.05) is 19.9 Å². The molecule has 1 aliphatic heterocycles. The Kier molecular flexibility index (Phi) is 5.19. The van der Waals surface area contributed by atoms with Gasteiger partial charge in [0.05, 0.1) is 13.7 Å². The van der Waals surface area contributed by atoms with Crippen molar-refractivity contribution >= 4 is 11.8 Å². The molecule has 120 valence electrons. The highest BCUT2D eigenvalue weighted by Crippen LogP contribution is 2.36. The monoisotopic (exact) mass is 306 g/mol. The molecule has 1 heterocycles. The second-order valence-corrected chi connectivity index (χ2v) is 5.77. The van der Waals surface area contributed by atoms with Gasteiger partial charge in [0, 0.05) is 31.4 Å². The van der Waals surface area contributed by atoms with E-state index in [4.69, 9.17) is 14.2 Å². The van der Waals surface area contributed by atoms with Crippen molar-refractivity contribution < 1.29 is 23.8 Å². The summed E-state index contributed by atoms with van der Waals surface area (Å²) in [5.41, 5.74) is 2.23. The van der Waals surface area contributed by atoms with Gasteiger partial charge in [0.2, 0.25) is 0 Å². The molecule has 5 heteroatoms. The predicted octanol–water partition coefficient (Wildman–Crippen LogP) is 2.19. The molecule has 0 amide bonds. The van der Waals surface area contributed by atoms with Crippen LogP contribution in [0.3, 0.4) is 0 Å². The standard InChI is InChI=1S/C17H22O5/c1-10(2)15(18)7-11-5-6-13(17(19)21-4)16-14(11)8-12(22-16)9-20-3/h5-6,10,12H,7-9H2,1-4H3. The molecule has 0 aliphatic carbocycles. The van der Waals surface area contributed by atoms with Crippen LogP contribution < -0.4 is 4.74 Å². The van der Waals surface area contributed by atoms with Crippen molar-refractivity contribution in [2.45, 2.75) is 32.8 Å². The highest BCUT2D eigenvalue weighted by Gasteiger charge is 2.31. The Labute approximate surface area is 130 Å². The molecule has 0 spiro atoms. The number of Topliss-reactive ketones (excluding diaryl/α,β-unsaturated/α-hetero) is 1. The number of hydrogen-bond acceptors (Lipinski definition) is 5. The van der Waals surface area contributed by atoms with Crippen molar-refractivity contribution in [3.63, 3.8) is 0 Å². The second-order valence-electron chi connectivity index (χ2n) is 5.77. The van der Waals surface area contributed by atoms with Gasteiger partial charge in [0.25, 0.3) is 0 Å². The molecule has 0 N–H and O–H groups in total. The summed E-state index contributed by atoms with van der Waals surface area (Å²) in [5.74, 6) is 0.246. The van der Waals surface area contributed by atoms with Crippen LogP contribution in [0, 0.1) is 5.92 Å². The van der Waals surface area contributed by atoms with Crippen LogP contribution in [0.5, 0.6) is 5.75 Å². The van der Waals surface area contributed by atoms with Gasteiger partial charge in [-0.25, -0.2) is 4.79 Å². The van der Waals surface area contributed by atoms with Crippen molar-refractivity contribution in [2.75, 3.05) is 20.8 Å². The van der Waals surface area contributed by atoms with Crippen LogP contribution in [0.1, 0.15) is 35.3 Å². The molecular formula is C17H22O5. The SMILES string of the molecule is COCC1Cc2c(CC(=O)C(C)C)ccc(C(=O)OC)c2O1. The zero-order valence-corrected chi connectivity index (χ0v) is 13.5. The van der Waals surface area contributed by atoms with Gasteiger partial charge in [-0.05, 0) is 11.6 Å². The van der Waals surface area contributed by atoms with Crippen molar-refractivity contribution in [3.05, 3.63) is 28.8 Å². The first-order chi connectivity index (χ1) is 10.5. The van der Waals surface area contributed by atoms with Crippen molar-refractivity contribution in [3.8, 4) is 5.75 Å². The highest BCUT2D eigenvalue weighted by atomic mass is 16.5. The zero-order chi connectivity index (χ0) is 16.3. The fourth-order valence-corrected chi connectivity index (χ4v) is 2.57. The number of methoxy groups -OCH3 is 2. The summed E-state index contributed by atoms with van der Waals surface area (Å²) >= 11 is 0. The maximum atomic E-state index is 12.0. The summed E-state index contributed by atoms with van der Waals surface area (Å²) in [6.07, 6.45) is 0.845. The molecular weight excluding hydrogens is 284 g/mol. The number of esters is 1. The third-order valence-electron chi connectivity index (χ3n) is 3.84. The Balaban J connectivity index is 2.37. The molecule has 0 aromatic heterocycles. The number of fused-ring (bicyclic) bond motifs is 1. The van der Waals surface area contributed by atoms with E-state index in [0.29, 0.717) is 30.8 Å². The quantitative estimate of drug-likeness (QED) is 0.754. The molecule has 1 aromatic carbocycles.